The van der Waals surface area contributed by atoms with Crippen molar-refractivity contribution in [3.8, 4) is 0 Å². The van der Waals surface area contributed by atoms with Crippen molar-refractivity contribution in [1.29, 1.82) is 0 Å². The van der Waals surface area contributed by atoms with E-state index in [4.69, 9.17) is 11.6 Å². The molecule has 1 unspecified atom stereocenters. The lowest BCUT2D eigenvalue weighted by atomic mass is 9.98. The Morgan fingerprint density at radius 2 is 1.89 bits per heavy atom. The smallest absolute Gasteiger partial charge is 0.128 e. The van der Waals surface area contributed by atoms with Crippen LogP contribution in [0.3, 0.4) is 0 Å². The summed E-state index contributed by atoms with van der Waals surface area (Å²) in [6, 6.07) is 14.9. The third kappa shape index (κ3) is 3.79. The van der Waals surface area contributed by atoms with Crippen LogP contribution in [0, 0.1) is 5.82 Å². The molecule has 0 aliphatic heterocycles. The second kappa shape index (κ2) is 6.69. The lowest BCUT2D eigenvalue weighted by molar-refractivity contribution is 0.509. The Morgan fingerprint density at radius 1 is 1.16 bits per heavy atom. The van der Waals surface area contributed by atoms with E-state index in [1.165, 1.54) is 11.6 Å². The van der Waals surface area contributed by atoms with Crippen molar-refractivity contribution in [3.05, 3.63) is 70.5 Å². The first-order valence-corrected chi connectivity index (χ1v) is 6.74. The minimum absolute atomic E-state index is 0.0288. The van der Waals surface area contributed by atoms with Crippen LogP contribution in [0.4, 0.5) is 4.39 Å². The molecule has 1 atom stereocenters. The maximum absolute atomic E-state index is 13.8. The largest absolute Gasteiger partial charge is 0.313 e. The zero-order valence-corrected chi connectivity index (χ0v) is 11.6. The molecule has 0 fully saturated rings. The maximum Gasteiger partial charge on any atom is 0.128 e. The van der Waals surface area contributed by atoms with Gasteiger partial charge in [0.1, 0.15) is 5.82 Å². The monoisotopic (exact) mass is 277 g/mol. The van der Waals surface area contributed by atoms with Crippen molar-refractivity contribution in [1.82, 2.24) is 5.32 Å². The Bertz CT molecular complexity index is 528. The SMILES string of the molecule is CNC(CCc1ccccc1)c1cc(Cl)ccc1F. The molecule has 0 radical (unpaired) electrons. The number of hydrogen-bond acceptors (Lipinski definition) is 1. The molecule has 0 amide bonds. The van der Waals surface area contributed by atoms with Crippen LogP contribution in [0.5, 0.6) is 0 Å². The van der Waals surface area contributed by atoms with Crippen LogP contribution >= 0.6 is 11.6 Å². The lowest BCUT2D eigenvalue weighted by Crippen LogP contribution is -2.18. The Labute approximate surface area is 118 Å². The van der Waals surface area contributed by atoms with Gasteiger partial charge in [0.2, 0.25) is 0 Å². The van der Waals surface area contributed by atoms with Gasteiger partial charge in [0.15, 0.2) is 0 Å². The summed E-state index contributed by atoms with van der Waals surface area (Å²) >= 11 is 5.94. The number of hydrogen-bond donors (Lipinski definition) is 1. The summed E-state index contributed by atoms with van der Waals surface area (Å²) in [5.74, 6) is -0.211. The lowest BCUT2D eigenvalue weighted by Gasteiger charge is -2.17. The van der Waals surface area contributed by atoms with E-state index in [2.05, 4.69) is 17.4 Å². The van der Waals surface area contributed by atoms with Gasteiger partial charge in [-0.05, 0) is 43.7 Å². The fourth-order valence-electron chi connectivity index (χ4n) is 2.19. The van der Waals surface area contributed by atoms with Gasteiger partial charge in [0.05, 0.1) is 0 Å². The maximum atomic E-state index is 13.8. The molecule has 0 spiro atoms. The van der Waals surface area contributed by atoms with Crippen molar-refractivity contribution in [2.45, 2.75) is 18.9 Å². The molecule has 100 valence electrons. The minimum atomic E-state index is -0.211. The number of nitrogens with one attached hydrogen (secondary N) is 1. The molecule has 3 heteroatoms. The zero-order chi connectivity index (χ0) is 13.7. The predicted octanol–water partition coefficient (Wildman–Crippen LogP) is 4.37. The average Bonchev–Trinajstić information content (AvgIpc) is 2.44. The van der Waals surface area contributed by atoms with E-state index >= 15 is 0 Å². The van der Waals surface area contributed by atoms with E-state index in [1.807, 2.05) is 25.2 Å². The topological polar surface area (TPSA) is 12.0 Å². The summed E-state index contributed by atoms with van der Waals surface area (Å²) < 4.78 is 13.8. The molecule has 2 aromatic rings. The number of rotatable bonds is 5. The van der Waals surface area contributed by atoms with Crippen LogP contribution in [-0.4, -0.2) is 7.05 Å². The normalized spacial score (nSPS) is 12.4. The van der Waals surface area contributed by atoms with Gasteiger partial charge >= 0.3 is 0 Å². The molecule has 0 aromatic heterocycles. The third-order valence-electron chi connectivity index (χ3n) is 3.25. The summed E-state index contributed by atoms with van der Waals surface area (Å²) in [6.45, 7) is 0. The molecule has 0 saturated heterocycles. The molecular weight excluding hydrogens is 261 g/mol. The number of benzene rings is 2. The highest BCUT2D eigenvalue weighted by Crippen LogP contribution is 2.24. The Kier molecular flexibility index (Phi) is 4.94. The molecule has 1 N–H and O–H groups in total. The fraction of sp³-hybridized carbons (Fsp3) is 0.250. The number of aryl methyl sites for hydroxylation is 1. The van der Waals surface area contributed by atoms with Gasteiger partial charge in [-0.2, -0.15) is 0 Å². The summed E-state index contributed by atoms with van der Waals surface area (Å²) in [5.41, 5.74) is 1.89. The summed E-state index contributed by atoms with van der Waals surface area (Å²) in [6.07, 6.45) is 1.73. The Hall–Kier alpha value is -1.38. The van der Waals surface area contributed by atoms with E-state index in [1.54, 1.807) is 12.1 Å². The van der Waals surface area contributed by atoms with E-state index in [-0.39, 0.29) is 11.9 Å². The third-order valence-corrected chi connectivity index (χ3v) is 3.48. The van der Waals surface area contributed by atoms with Gasteiger partial charge in [0.25, 0.3) is 0 Å². The molecule has 2 rings (SSSR count). The number of halogens is 2. The van der Waals surface area contributed by atoms with E-state index in [0.29, 0.717) is 10.6 Å². The van der Waals surface area contributed by atoms with Crippen molar-refractivity contribution in [2.24, 2.45) is 0 Å². The van der Waals surface area contributed by atoms with Crippen LogP contribution < -0.4 is 5.32 Å². The molecule has 1 nitrogen and oxygen atoms in total. The standard InChI is InChI=1S/C16H17ClFN/c1-19-16(10-7-12-5-3-2-4-6-12)14-11-13(17)8-9-15(14)18/h2-6,8-9,11,16,19H,7,10H2,1H3. The van der Waals surface area contributed by atoms with Crippen molar-refractivity contribution in [3.63, 3.8) is 0 Å². The van der Waals surface area contributed by atoms with Gasteiger partial charge in [-0.3, -0.25) is 0 Å². The molecule has 0 saturated carbocycles. The molecule has 19 heavy (non-hydrogen) atoms. The second-order valence-corrected chi connectivity index (χ2v) is 4.97. The van der Waals surface area contributed by atoms with Crippen LogP contribution in [0.15, 0.2) is 48.5 Å². The molecular formula is C16H17ClFN. The van der Waals surface area contributed by atoms with Crippen molar-refractivity contribution >= 4 is 11.6 Å². The first kappa shape index (κ1) is 14.0. The highest BCUT2D eigenvalue weighted by molar-refractivity contribution is 6.30. The van der Waals surface area contributed by atoms with Crippen LogP contribution in [0.1, 0.15) is 23.6 Å². The Morgan fingerprint density at radius 3 is 2.58 bits per heavy atom. The highest BCUT2D eigenvalue weighted by atomic mass is 35.5. The van der Waals surface area contributed by atoms with Gasteiger partial charge in [-0.15, -0.1) is 0 Å². The average molecular weight is 278 g/mol. The summed E-state index contributed by atoms with van der Waals surface area (Å²) in [4.78, 5) is 0. The van der Waals surface area contributed by atoms with Gasteiger partial charge < -0.3 is 5.32 Å². The van der Waals surface area contributed by atoms with E-state index in [9.17, 15) is 4.39 Å². The van der Waals surface area contributed by atoms with E-state index < -0.39 is 0 Å². The highest BCUT2D eigenvalue weighted by Gasteiger charge is 2.14. The minimum Gasteiger partial charge on any atom is -0.313 e. The summed E-state index contributed by atoms with van der Waals surface area (Å²) in [7, 11) is 1.84. The van der Waals surface area contributed by atoms with Crippen molar-refractivity contribution in [2.75, 3.05) is 7.05 Å². The molecule has 2 aromatic carbocycles. The van der Waals surface area contributed by atoms with Gasteiger partial charge in [-0.1, -0.05) is 41.9 Å². The van der Waals surface area contributed by atoms with Crippen molar-refractivity contribution < 1.29 is 4.39 Å². The molecule has 0 aliphatic carbocycles. The predicted molar refractivity (Wildman–Crippen MR) is 78.0 cm³/mol. The van der Waals surface area contributed by atoms with Crippen LogP contribution in [0.25, 0.3) is 0 Å². The zero-order valence-electron chi connectivity index (χ0n) is 10.9. The second-order valence-electron chi connectivity index (χ2n) is 4.53. The Balaban J connectivity index is 2.10. The molecule has 0 bridgehead atoms. The fourth-order valence-corrected chi connectivity index (χ4v) is 2.37. The van der Waals surface area contributed by atoms with Crippen LogP contribution in [0.2, 0.25) is 5.02 Å². The molecule has 0 aliphatic rings. The first-order valence-electron chi connectivity index (χ1n) is 6.37. The van der Waals surface area contributed by atoms with Crippen LogP contribution in [-0.2, 0) is 6.42 Å². The van der Waals surface area contributed by atoms with E-state index in [0.717, 1.165) is 12.8 Å². The van der Waals surface area contributed by atoms with Gasteiger partial charge in [-0.25, -0.2) is 4.39 Å². The molecule has 0 heterocycles. The quantitative estimate of drug-likeness (QED) is 0.856. The summed E-state index contributed by atoms with van der Waals surface area (Å²) in [5, 5.41) is 3.72. The van der Waals surface area contributed by atoms with Gasteiger partial charge in [0, 0.05) is 16.6 Å². The first-order chi connectivity index (χ1) is 9.20.